The van der Waals surface area contributed by atoms with Crippen LogP contribution in [0.5, 0.6) is 0 Å². The second-order valence-electron chi connectivity index (χ2n) is 11.2. The number of nitrogens with zero attached hydrogens (tertiary/aromatic N) is 3. The average Bonchev–Trinajstić information content (AvgIpc) is 3.58. The summed E-state index contributed by atoms with van der Waals surface area (Å²) in [4.78, 5) is 67.0. The molecule has 2 aromatic rings. The van der Waals surface area contributed by atoms with Crippen molar-refractivity contribution in [2.45, 2.75) is 45.4 Å². The molecule has 3 aliphatic heterocycles. The van der Waals surface area contributed by atoms with Gasteiger partial charge in [0.1, 0.15) is 11.7 Å². The third-order valence-corrected chi connectivity index (χ3v) is 7.01. The molecule has 5 rings (SSSR count). The first-order valence-corrected chi connectivity index (χ1v) is 13.4. The van der Waals surface area contributed by atoms with Gasteiger partial charge in [0, 0.05) is 12.6 Å². The number of amides is 5. The number of nitrogens with one attached hydrogen (secondary N) is 1. The molecule has 2 aromatic carbocycles. The van der Waals surface area contributed by atoms with E-state index in [4.69, 9.17) is 9.47 Å². The van der Waals surface area contributed by atoms with E-state index in [0.717, 1.165) is 11.1 Å². The van der Waals surface area contributed by atoms with Gasteiger partial charge in [0.2, 0.25) is 5.91 Å². The van der Waals surface area contributed by atoms with Crippen molar-refractivity contribution in [3.05, 3.63) is 71.3 Å². The first-order chi connectivity index (χ1) is 19.4. The van der Waals surface area contributed by atoms with Gasteiger partial charge in [0.05, 0.1) is 43.3 Å². The molecule has 2 atom stereocenters. The largest absolute Gasteiger partial charge is 0.444 e. The lowest BCUT2D eigenvalue weighted by atomic mass is 10.1. The van der Waals surface area contributed by atoms with Crippen LogP contribution in [0.15, 0.2) is 54.6 Å². The zero-order valence-electron chi connectivity index (χ0n) is 23.4. The molecule has 1 N–H and O–H groups in total. The first kappa shape index (κ1) is 27.9. The van der Waals surface area contributed by atoms with E-state index in [1.807, 2.05) is 18.2 Å². The number of carbonyl (C=O) groups is 5. The van der Waals surface area contributed by atoms with Crippen LogP contribution in [0.1, 0.15) is 54.0 Å². The zero-order chi connectivity index (χ0) is 29.5. The summed E-state index contributed by atoms with van der Waals surface area (Å²) in [6.07, 6.45) is 0.377. The van der Waals surface area contributed by atoms with Gasteiger partial charge in [-0.2, -0.15) is 0 Å². The Bertz CT molecular complexity index is 1410. The SMILES string of the molecule is CC(=O)NC[C@H]1CN(c2ccc(C3=C[C@@H](CN4C(=O)c5ccccc5C4=O)N(C(=O)OC(C)(C)C)C3)cc2)C(=O)O1. The lowest BCUT2D eigenvalue weighted by molar-refractivity contribution is -0.119. The van der Waals surface area contributed by atoms with Gasteiger partial charge in [0.25, 0.3) is 11.8 Å². The molecule has 0 unspecified atom stereocenters. The number of carbonyl (C=O) groups excluding carboxylic acids is 5. The smallest absolute Gasteiger partial charge is 0.414 e. The number of hydrogen-bond acceptors (Lipinski definition) is 7. The molecule has 5 amide bonds. The number of hydrogen-bond donors (Lipinski definition) is 1. The van der Waals surface area contributed by atoms with Crippen molar-refractivity contribution in [2.75, 3.05) is 31.1 Å². The molecule has 3 aliphatic rings. The minimum absolute atomic E-state index is 0.0114. The van der Waals surface area contributed by atoms with E-state index in [9.17, 15) is 24.0 Å². The van der Waals surface area contributed by atoms with Gasteiger partial charge in [0.15, 0.2) is 0 Å². The normalized spacial score (nSPS) is 20.2. The van der Waals surface area contributed by atoms with Gasteiger partial charge in [-0.05, 0) is 56.2 Å². The Hall–Kier alpha value is -4.67. The number of benzene rings is 2. The molecule has 0 bridgehead atoms. The average molecular weight is 561 g/mol. The lowest BCUT2D eigenvalue weighted by Gasteiger charge is -2.30. The number of rotatable bonds is 6. The van der Waals surface area contributed by atoms with Crippen molar-refractivity contribution < 1.29 is 33.4 Å². The van der Waals surface area contributed by atoms with E-state index in [0.29, 0.717) is 23.4 Å². The minimum Gasteiger partial charge on any atom is -0.444 e. The predicted octanol–water partition coefficient (Wildman–Crippen LogP) is 3.45. The summed E-state index contributed by atoms with van der Waals surface area (Å²) < 4.78 is 11.0. The van der Waals surface area contributed by atoms with Crippen LogP contribution in [-0.4, -0.2) is 83.6 Å². The summed E-state index contributed by atoms with van der Waals surface area (Å²) in [6.45, 7) is 7.47. The van der Waals surface area contributed by atoms with Crippen LogP contribution in [0.25, 0.3) is 5.57 Å². The fourth-order valence-corrected chi connectivity index (χ4v) is 5.08. The quantitative estimate of drug-likeness (QED) is 0.537. The zero-order valence-corrected chi connectivity index (χ0v) is 23.4. The summed E-state index contributed by atoms with van der Waals surface area (Å²) in [7, 11) is 0. The molecular formula is C30H32N4O7. The highest BCUT2D eigenvalue weighted by Crippen LogP contribution is 2.31. The fourth-order valence-electron chi connectivity index (χ4n) is 5.08. The Kier molecular flexibility index (Phi) is 7.29. The van der Waals surface area contributed by atoms with E-state index in [1.54, 1.807) is 57.2 Å². The van der Waals surface area contributed by atoms with Crippen molar-refractivity contribution in [2.24, 2.45) is 0 Å². The number of cyclic esters (lactones) is 1. The van der Waals surface area contributed by atoms with Gasteiger partial charge >= 0.3 is 12.2 Å². The van der Waals surface area contributed by atoms with Gasteiger partial charge in [-0.25, -0.2) is 9.59 Å². The highest BCUT2D eigenvalue weighted by atomic mass is 16.6. The van der Waals surface area contributed by atoms with E-state index in [-0.39, 0.29) is 25.5 Å². The van der Waals surface area contributed by atoms with Gasteiger partial charge in [-0.3, -0.25) is 29.1 Å². The predicted molar refractivity (Wildman–Crippen MR) is 149 cm³/mol. The molecule has 0 spiro atoms. The number of imide groups is 1. The number of fused-ring (bicyclic) bond motifs is 1. The third-order valence-electron chi connectivity index (χ3n) is 7.01. The summed E-state index contributed by atoms with van der Waals surface area (Å²) in [5.74, 6) is -0.985. The number of anilines is 1. The molecule has 11 nitrogen and oxygen atoms in total. The highest BCUT2D eigenvalue weighted by molar-refractivity contribution is 6.21. The molecule has 1 fully saturated rings. The molecule has 0 aliphatic carbocycles. The minimum atomic E-state index is -0.732. The van der Waals surface area contributed by atoms with Crippen molar-refractivity contribution in [1.82, 2.24) is 15.1 Å². The molecule has 214 valence electrons. The van der Waals surface area contributed by atoms with Gasteiger partial charge < -0.3 is 14.8 Å². The second kappa shape index (κ2) is 10.7. The van der Waals surface area contributed by atoms with Crippen molar-refractivity contribution in [3.8, 4) is 0 Å². The van der Waals surface area contributed by atoms with Crippen LogP contribution in [-0.2, 0) is 14.3 Å². The van der Waals surface area contributed by atoms with Crippen LogP contribution in [0.2, 0.25) is 0 Å². The van der Waals surface area contributed by atoms with Crippen molar-refractivity contribution in [1.29, 1.82) is 0 Å². The Morgan fingerprint density at radius 2 is 1.63 bits per heavy atom. The topological polar surface area (TPSA) is 126 Å². The Morgan fingerprint density at radius 1 is 1.00 bits per heavy atom. The molecule has 1 saturated heterocycles. The first-order valence-electron chi connectivity index (χ1n) is 13.4. The fraction of sp³-hybridized carbons (Fsp3) is 0.367. The summed E-state index contributed by atoms with van der Waals surface area (Å²) >= 11 is 0. The van der Waals surface area contributed by atoms with Crippen molar-refractivity contribution in [3.63, 3.8) is 0 Å². The van der Waals surface area contributed by atoms with Crippen LogP contribution in [0.4, 0.5) is 15.3 Å². The number of ether oxygens (including phenoxy) is 2. The third kappa shape index (κ3) is 5.79. The molecular weight excluding hydrogens is 528 g/mol. The summed E-state index contributed by atoms with van der Waals surface area (Å²) in [6, 6.07) is 13.3. The van der Waals surface area contributed by atoms with Crippen LogP contribution >= 0.6 is 0 Å². The molecule has 0 radical (unpaired) electrons. The summed E-state index contributed by atoms with van der Waals surface area (Å²) in [5, 5.41) is 2.66. The second-order valence-corrected chi connectivity index (χ2v) is 11.2. The van der Waals surface area contributed by atoms with Crippen LogP contribution < -0.4 is 10.2 Å². The van der Waals surface area contributed by atoms with E-state index < -0.39 is 41.7 Å². The monoisotopic (exact) mass is 560 g/mol. The van der Waals surface area contributed by atoms with Crippen LogP contribution in [0, 0.1) is 0 Å². The Labute approximate surface area is 237 Å². The maximum atomic E-state index is 13.2. The maximum absolute atomic E-state index is 13.2. The van der Waals surface area contributed by atoms with Gasteiger partial charge in [-0.15, -0.1) is 0 Å². The highest BCUT2D eigenvalue weighted by Gasteiger charge is 2.40. The van der Waals surface area contributed by atoms with E-state index >= 15 is 0 Å². The van der Waals surface area contributed by atoms with Crippen molar-refractivity contribution >= 4 is 41.2 Å². The molecule has 3 heterocycles. The van der Waals surface area contributed by atoms with E-state index in [2.05, 4.69) is 5.32 Å². The van der Waals surface area contributed by atoms with Gasteiger partial charge in [-0.1, -0.05) is 30.3 Å². The molecule has 0 saturated carbocycles. The van der Waals surface area contributed by atoms with Crippen LogP contribution in [0.3, 0.4) is 0 Å². The Morgan fingerprint density at radius 3 is 2.22 bits per heavy atom. The lowest BCUT2D eigenvalue weighted by Crippen LogP contribution is -2.47. The maximum Gasteiger partial charge on any atom is 0.414 e. The standard InChI is InChI=1S/C30H32N4O7/c1-18(35)31-14-23-17-33(28(38)40-23)21-11-9-19(10-12-21)20-13-22(32(15-20)29(39)41-30(2,3)4)16-34-26(36)24-7-5-6-8-25(24)27(34)37/h5-13,22-23H,14-17H2,1-4H3,(H,31,35)/t22-,23-/m0/s1. The molecule has 0 aromatic heterocycles. The molecule has 11 heteroatoms. The molecule has 41 heavy (non-hydrogen) atoms. The summed E-state index contributed by atoms with van der Waals surface area (Å²) in [5.41, 5.74) is 2.22. The van der Waals surface area contributed by atoms with E-state index in [1.165, 1.54) is 21.6 Å². The Balaban J connectivity index is 1.35.